The van der Waals surface area contributed by atoms with Crippen LogP contribution in [0.15, 0.2) is 24.3 Å². The molecule has 2 rings (SSSR count). The third kappa shape index (κ3) is 5.14. The van der Waals surface area contributed by atoms with Gasteiger partial charge < -0.3 is 15.2 Å². The van der Waals surface area contributed by atoms with Crippen LogP contribution in [-0.4, -0.2) is 29.4 Å². The van der Waals surface area contributed by atoms with Crippen LogP contribution >= 0.6 is 0 Å². The molecule has 0 radical (unpaired) electrons. The number of hydrogen-bond acceptors (Lipinski definition) is 3. The zero-order chi connectivity index (χ0) is 17.7. The van der Waals surface area contributed by atoms with Crippen molar-refractivity contribution in [1.29, 1.82) is 0 Å². The fourth-order valence-electron chi connectivity index (χ4n) is 2.89. The van der Waals surface area contributed by atoms with Gasteiger partial charge in [-0.25, -0.2) is 0 Å². The number of hydrogen-bond donors (Lipinski definition) is 2. The fourth-order valence-corrected chi connectivity index (χ4v) is 2.89. The number of alkyl halides is 3. The van der Waals surface area contributed by atoms with Crippen LogP contribution in [0, 0.1) is 5.92 Å². The van der Waals surface area contributed by atoms with E-state index >= 15 is 0 Å². The van der Waals surface area contributed by atoms with E-state index in [0.29, 0.717) is 12.8 Å². The number of ether oxygens (including phenoxy) is 1. The molecule has 0 aromatic heterocycles. The Morgan fingerprint density at radius 3 is 2.62 bits per heavy atom. The summed E-state index contributed by atoms with van der Waals surface area (Å²) in [4.78, 5) is 23.0. The number of nitrogens with one attached hydrogen (secondary N) is 1. The summed E-state index contributed by atoms with van der Waals surface area (Å²) in [6.45, 7) is 0. The number of aryl methyl sites for hydroxylation is 1. The number of amides is 1. The van der Waals surface area contributed by atoms with Crippen molar-refractivity contribution >= 4 is 11.9 Å². The number of carbonyl (C=O) groups excluding carboxylic acids is 1. The van der Waals surface area contributed by atoms with Gasteiger partial charge in [-0.2, -0.15) is 0 Å². The minimum absolute atomic E-state index is 0.0406. The lowest BCUT2D eigenvalue weighted by atomic mass is 10.0. The van der Waals surface area contributed by atoms with Gasteiger partial charge in [0.15, 0.2) is 0 Å². The third-order valence-electron chi connectivity index (χ3n) is 4.00. The van der Waals surface area contributed by atoms with Crippen molar-refractivity contribution in [2.75, 3.05) is 0 Å². The van der Waals surface area contributed by atoms with Gasteiger partial charge in [0.25, 0.3) is 0 Å². The molecule has 0 unspecified atom stereocenters. The standard InChI is InChI=1S/C16H18F3NO4/c17-16(18,19)24-13-7-2-1-4-10(13)8-9-14(21)20-12-6-3-5-11(12)15(22)23/h1-2,4,7,11-12H,3,5-6,8-9H2,(H,20,21)(H,22,23)/t11-,12+/m1/s1. The Morgan fingerprint density at radius 2 is 1.96 bits per heavy atom. The first-order valence-electron chi connectivity index (χ1n) is 7.62. The van der Waals surface area contributed by atoms with Crippen molar-refractivity contribution in [2.45, 2.75) is 44.5 Å². The fraction of sp³-hybridized carbons (Fsp3) is 0.500. The molecular weight excluding hydrogens is 327 g/mol. The Morgan fingerprint density at radius 1 is 1.25 bits per heavy atom. The highest BCUT2D eigenvalue weighted by atomic mass is 19.4. The average Bonchev–Trinajstić information content (AvgIpc) is 2.93. The van der Waals surface area contributed by atoms with Gasteiger partial charge in [0.05, 0.1) is 5.92 Å². The lowest BCUT2D eigenvalue weighted by Gasteiger charge is -2.18. The van der Waals surface area contributed by atoms with Crippen LogP contribution in [0.1, 0.15) is 31.2 Å². The summed E-state index contributed by atoms with van der Waals surface area (Å²) >= 11 is 0. The number of carbonyl (C=O) groups is 2. The molecule has 1 amide bonds. The largest absolute Gasteiger partial charge is 0.573 e. The van der Waals surface area contributed by atoms with E-state index in [0.717, 1.165) is 6.42 Å². The normalized spacial score (nSPS) is 20.6. The quantitative estimate of drug-likeness (QED) is 0.831. The van der Waals surface area contributed by atoms with Crippen LogP contribution in [0.5, 0.6) is 5.75 Å². The minimum atomic E-state index is -4.79. The second-order valence-corrected chi connectivity index (χ2v) is 5.71. The smallest absolute Gasteiger partial charge is 0.481 e. The van der Waals surface area contributed by atoms with Gasteiger partial charge >= 0.3 is 12.3 Å². The first-order chi connectivity index (χ1) is 11.3. The minimum Gasteiger partial charge on any atom is -0.481 e. The van der Waals surface area contributed by atoms with Gasteiger partial charge in [0.1, 0.15) is 5.75 Å². The van der Waals surface area contributed by atoms with E-state index in [9.17, 15) is 22.8 Å². The van der Waals surface area contributed by atoms with E-state index in [-0.39, 0.29) is 30.1 Å². The molecule has 1 aromatic carbocycles. The highest BCUT2D eigenvalue weighted by Crippen LogP contribution is 2.28. The molecule has 1 aliphatic rings. The molecule has 0 bridgehead atoms. The van der Waals surface area contributed by atoms with Gasteiger partial charge in [0.2, 0.25) is 5.91 Å². The molecule has 1 aliphatic carbocycles. The maximum Gasteiger partial charge on any atom is 0.573 e. The molecule has 1 fully saturated rings. The zero-order valence-electron chi connectivity index (χ0n) is 12.8. The van der Waals surface area contributed by atoms with Crippen LogP contribution < -0.4 is 10.1 Å². The summed E-state index contributed by atoms with van der Waals surface area (Å²) < 4.78 is 41.0. The van der Waals surface area contributed by atoms with Gasteiger partial charge in [-0.3, -0.25) is 9.59 Å². The number of carboxylic acids is 1. The van der Waals surface area contributed by atoms with E-state index in [2.05, 4.69) is 10.1 Å². The molecule has 8 heteroatoms. The average molecular weight is 345 g/mol. The Hall–Kier alpha value is -2.25. The van der Waals surface area contributed by atoms with Crippen molar-refractivity contribution in [3.63, 3.8) is 0 Å². The number of carboxylic acid groups (broad SMARTS) is 1. The van der Waals surface area contributed by atoms with Crippen molar-refractivity contribution in [3.8, 4) is 5.75 Å². The SMILES string of the molecule is O=C(CCc1ccccc1OC(F)(F)F)N[C@H]1CCC[C@H]1C(=O)O. The lowest BCUT2D eigenvalue weighted by Crippen LogP contribution is -2.40. The third-order valence-corrected chi connectivity index (χ3v) is 4.00. The summed E-state index contributed by atoms with van der Waals surface area (Å²) in [5, 5.41) is 11.7. The van der Waals surface area contributed by atoms with Gasteiger partial charge in [0, 0.05) is 12.5 Å². The van der Waals surface area contributed by atoms with Crippen LogP contribution in [0.3, 0.4) is 0 Å². The molecule has 1 saturated carbocycles. The van der Waals surface area contributed by atoms with E-state index in [1.165, 1.54) is 18.2 Å². The summed E-state index contributed by atoms with van der Waals surface area (Å²) in [5.74, 6) is -2.26. The van der Waals surface area contributed by atoms with Crippen LogP contribution in [-0.2, 0) is 16.0 Å². The van der Waals surface area contributed by atoms with Crippen LogP contribution in [0.4, 0.5) is 13.2 Å². The molecule has 0 heterocycles. The Kier molecular flexibility index (Phi) is 5.69. The predicted molar refractivity (Wildman–Crippen MR) is 78.4 cm³/mol. The first-order valence-corrected chi connectivity index (χ1v) is 7.62. The molecule has 0 spiro atoms. The Bertz CT molecular complexity index is 603. The molecule has 132 valence electrons. The number of halogens is 3. The van der Waals surface area contributed by atoms with E-state index in [4.69, 9.17) is 5.11 Å². The van der Waals surface area contributed by atoms with E-state index in [1.807, 2.05) is 0 Å². The summed E-state index contributed by atoms with van der Waals surface area (Å²) in [7, 11) is 0. The van der Waals surface area contributed by atoms with Crippen LogP contribution in [0.2, 0.25) is 0 Å². The number of para-hydroxylation sites is 1. The van der Waals surface area contributed by atoms with Crippen molar-refractivity contribution in [1.82, 2.24) is 5.32 Å². The second-order valence-electron chi connectivity index (χ2n) is 5.71. The number of rotatable bonds is 6. The summed E-state index contributed by atoms with van der Waals surface area (Å²) in [5.41, 5.74) is 0.270. The first kappa shape index (κ1) is 18.1. The zero-order valence-corrected chi connectivity index (χ0v) is 12.8. The molecular formula is C16H18F3NO4. The maximum absolute atomic E-state index is 12.4. The molecule has 2 N–H and O–H groups in total. The molecule has 2 atom stereocenters. The van der Waals surface area contributed by atoms with Crippen molar-refractivity contribution < 1.29 is 32.6 Å². The van der Waals surface area contributed by atoms with E-state index in [1.54, 1.807) is 6.07 Å². The molecule has 5 nitrogen and oxygen atoms in total. The number of aliphatic carboxylic acids is 1. The second kappa shape index (κ2) is 7.55. The number of benzene rings is 1. The summed E-state index contributed by atoms with van der Waals surface area (Å²) in [6.07, 6.45) is -2.93. The molecule has 0 aliphatic heterocycles. The summed E-state index contributed by atoms with van der Waals surface area (Å²) in [6, 6.07) is 5.22. The predicted octanol–water partition coefficient (Wildman–Crippen LogP) is 2.89. The van der Waals surface area contributed by atoms with Gasteiger partial charge in [-0.1, -0.05) is 24.6 Å². The molecule has 24 heavy (non-hydrogen) atoms. The highest BCUT2D eigenvalue weighted by Gasteiger charge is 2.34. The van der Waals surface area contributed by atoms with Crippen molar-refractivity contribution in [2.24, 2.45) is 5.92 Å². The monoisotopic (exact) mass is 345 g/mol. The molecule has 0 saturated heterocycles. The Balaban J connectivity index is 1.91. The van der Waals surface area contributed by atoms with Gasteiger partial charge in [-0.05, 0) is 30.9 Å². The molecule has 1 aromatic rings. The van der Waals surface area contributed by atoms with Gasteiger partial charge in [-0.15, -0.1) is 13.2 Å². The maximum atomic E-state index is 12.4. The van der Waals surface area contributed by atoms with Crippen molar-refractivity contribution in [3.05, 3.63) is 29.8 Å². The Labute approximate surface area is 136 Å². The topological polar surface area (TPSA) is 75.6 Å². The van der Waals surface area contributed by atoms with Crippen LogP contribution in [0.25, 0.3) is 0 Å². The lowest BCUT2D eigenvalue weighted by molar-refractivity contribution is -0.274. The van der Waals surface area contributed by atoms with E-state index < -0.39 is 24.3 Å². The highest BCUT2D eigenvalue weighted by molar-refractivity contribution is 5.78.